The maximum atomic E-state index is 12.4. The first kappa shape index (κ1) is 18.5. The van der Waals surface area contributed by atoms with Gasteiger partial charge in [-0.25, -0.2) is 4.79 Å². The van der Waals surface area contributed by atoms with Gasteiger partial charge < -0.3 is 10.1 Å². The molecule has 0 aliphatic carbocycles. The van der Waals surface area contributed by atoms with Gasteiger partial charge in [-0.1, -0.05) is 11.8 Å². The Morgan fingerprint density at radius 2 is 2.17 bits per heavy atom. The SMILES string of the molecule is CCN=C1S[C@@H](CC(=O)Nc2sccc2C(=O)OC)C(=O)N1CC. The largest absolute Gasteiger partial charge is 0.465 e. The molecule has 1 aromatic heterocycles. The molecular weight excluding hydrogens is 350 g/mol. The average molecular weight is 369 g/mol. The average Bonchev–Trinajstić information content (AvgIpc) is 3.12. The summed E-state index contributed by atoms with van der Waals surface area (Å²) in [5, 5.41) is 4.98. The van der Waals surface area contributed by atoms with Crippen LogP contribution in [0.5, 0.6) is 0 Å². The number of ether oxygens (including phenoxy) is 1. The molecule has 2 rings (SSSR count). The van der Waals surface area contributed by atoms with Gasteiger partial charge in [0.1, 0.15) is 10.3 Å². The van der Waals surface area contributed by atoms with E-state index in [0.29, 0.717) is 28.8 Å². The summed E-state index contributed by atoms with van der Waals surface area (Å²) in [6, 6.07) is 1.59. The molecule has 0 saturated carbocycles. The summed E-state index contributed by atoms with van der Waals surface area (Å²) in [6.07, 6.45) is 0.0290. The van der Waals surface area contributed by atoms with Crippen molar-refractivity contribution in [1.29, 1.82) is 0 Å². The van der Waals surface area contributed by atoms with Crippen molar-refractivity contribution in [1.82, 2.24) is 4.90 Å². The summed E-state index contributed by atoms with van der Waals surface area (Å²) in [7, 11) is 1.29. The quantitative estimate of drug-likeness (QED) is 0.777. The zero-order chi connectivity index (χ0) is 17.7. The van der Waals surface area contributed by atoms with E-state index in [9.17, 15) is 14.4 Å². The lowest BCUT2D eigenvalue weighted by molar-refractivity contribution is -0.128. The number of thiophene rings is 1. The minimum absolute atomic E-state index is 0.0290. The van der Waals surface area contributed by atoms with E-state index in [2.05, 4.69) is 15.0 Å². The third-order valence-electron chi connectivity index (χ3n) is 3.32. The predicted molar refractivity (Wildman–Crippen MR) is 95.6 cm³/mol. The number of nitrogens with zero attached hydrogens (tertiary/aromatic N) is 2. The van der Waals surface area contributed by atoms with E-state index in [1.54, 1.807) is 16.3 Å². The van der Waals surface area contributed by atoms with Crippen LogP contribution in [-0.2, 0) is 14.3 Å². The highest BCUT2D eigenvalue weighted by Gasteiger charge is 2.38. The van der Waals surface area contributed by atoms with E-state index in [4.69, 9.17) is 0 Å². The number of anilines is 1. The van der Waals surface area contributed by atoms with Crippen molar-refractivity contribution in [3.05, 3.63) is 17.0 Å². The smallest absolute Gasteiger partial charge is 0.340 e. The van der Waals surface area contributed by atoms with Gasteiger partial charge in [-0.3, -0.25) is 19.5 Å². The molecule has 1 aromatic rings. The Hall–Kier alpha value is -1.87. The van der Waals surface area contributed by atoms with Crippen molar-refractivity contribution in [2.24, 2.45) is 4.99 Å². The summed E-state index contributed by atoms with van der Waals surface area (Å²) in [5.41, 5.74) is 0.310. The molecule has 130 valence electrons. The number of rotatable bonds is 6. The molecule has 0 spiro atoms. The van der Waals surface area contributed by atoms with Crippen LogP contribution in [0.4, 0.5) is 5.00 Å². The normalized spacial score (nSPS) is 19.0. The third kappa shape index (κ3) is 3.96. The van der Waals surface area contributed by atoms with Crippen LogP contribution in [0.15, 0.2) is 16.4 Å². The fraction of sp³-hybridized carbons (Fsp3) is 0.467. The first-order valence-corrected chi connectivity index (χ1v) is 9.25. The zero-order valence-corrected chi connectivity index (χ0v) is 15.3. The van der Waals surface area contributed by atoms with Crippen LogP contribution < -0.4 is 5.32 Å². The Kier molecular flexibility index (Phi) is 6.38. The molecule has 1 fully saturated rings. The number of esters is 1. The Morgan fingerprint density at radius 1 is 1.42 bits per heavy atom. The standard InChI is InChI=1S/C15H19N3O4S2/c1-4-16-15-18(5-2)13(20)10(24-15)8-11(19)17-12-9(6-7-23-12)14(21)22-3/h6-7,10H,4-5,8H2,1-3H3,(H,17,19)/t10-/m0/s1. The molecule has 2 amide bonds. The van der Waals surface area contributed by atoms with E-state index in [1.165, 1.54) is 30.2 Å². The van der Waals surface area contributed by atoms with Crippen LogP contribution in [0.3, 0.4) is 0 Å². The Balaban J connectivity index is 2.03. The number of amidine groups is 1. The molecular formula is C15H19N3O4S2. The van der Waals surface area contributed by atoms with E-state index >= 15 is 0 Å². The number of nitrogens with one attached hydrogen (secondary N) is 1. The van der Waals surface area contributed by atoms with Crippen molar-refractivity contribution in [3.63, 3.8) is 0 Å². The van der Waals surface area contributed by atoms with Gasteiger partial charge in [0.2, 0.25) is 11.8 Å². The van der Waals surface area contributed by atoms with Crippen LogP contribution >= 0.6 is 23.1 Å². The van der Waals surface area contributed by atoms with Crippen LogP contribution in [0, 0.1) is 0 Å². The molecule has 24 heavy (non-hydrogen) atoms. The fourth-order valence-electron chi connectivity index (χ4n) is 2.21. The summed E-state index contributed by atoms with van der Waals surface area (Å²) in [5.74, 6) is -0.932. The summed E-state index contributed by atoms with van der Waals surface area (Å²) in [6.45, 7) is 4.89. The summed E-state index contributed by atoms with van der Waals surface area (Å²) < 4.78 is 4.67. The first-order valence-electron chi connectivity index (χ1n) is 7.49. The van der Waals surface area contributed by atoms with Crippen molar-refractivity contribution in [2.45, 2.75) is 25.5 Å². The summed E-state index contributed by atoms with van der Waals surface area (Å²) in [4.78, 5) is 42.1. The highest BCUT2D eigenvalue weighted by Crippen LogP contribution is 2.30. The molecule has 1 aliphatic rings. The van der Waals surface area contributed by atoms with Gasteiger partial charge in [0.05, 0.1) is 12.7 Å². The van der Waals surface area contributed by atoms with Gasteiger partial charge in [0, 0.05) is 19.5 Å². The second-order valence-electron chi connectivity index (χ2n) is 4.85. The second-order valence-corrected chi connectivity index (χ2v) is 6.94. The van der Waals surface area contributed by atoms with Crippen LogP contribution in [0.2, 0.25) is 0 Å². The number of hydrogen-bond donors (Lipinski definition) is 1. The monoisotopic (exact) mass is 369 g/mol. The Labute approximate surface area is 148 Å². The van der Waals surface area contributed by atoms with E-state index in [1.807, 2.05) is 13.8 Å². The number of aliphatic imine (C=N–C) groups is 1. The first-order chi connectivity index (χ1) is 11.5. The maximum absolute atomic E-state index is 12.4. The highest BCUT2D eigenvalue weighted by atomic mass is 32.2. The van der Waals surface area contributed by atoms with Gasteiger partial charge in [-0.05, 0) is 25.3 Å². The lowest BCUT2D eigenvalue weighted by Crippen LogP contribution is -2.33. The van der Waals surface area contributed by atoms with Crippen molar-refractivity contribution >= 4 is 51.1 Å². The maximum Gasteiger partial charge on any atom is 0.340 e. The molecule has 2 heterocycles. The van der Waals surface area contributed by atoms with Gasteiger partial charge in [-0.2, -0.15) is 0 Å². The van der Waals surface area contributed by atoms with Gasteiger partial charge in [-0.15, -0.1) is 11.3 Å². The molecule has 0 radical (unpaired) electrons. The number of thioether (sulfide) groups is 1. The lowest BCUT2D eigenvalue weighted by atomic mass is 10.2. The van der Waals surface area contributed by atoms with E-state index in [-0.39, 0.29) is 18.2 Å². The molecule has 1 aliphatic heterocycles. The van der Waals surface area contributed by atoms with Gasteiger partial charge in [0.25, 0.3) is 0 Å². The Bertz CT molecular complexity index is 671. The van der Waals surface area contributed by atoms with Crippen molar-refractivity contribution in [3.8, 4) is 0 Å². The molecule has 0 aromatic carbocycles. The number of carbonyl (C=O) groups is 3. The third-order valence-corrected chi connectivity index (χ3v) is 5.37. The highest BCUT2D eigenvalue weighted by molar-refractivity contribution is 8.15. The van der Waals surface area contributed by atoms with Gasteiger partial charge in [0.15, 0.2) is 5.17 Å². The number of hydrogen-bond acceptors (Lipinski definition) is 7. The summed E-state index contributed by atoms with van der Waals surface area (Å²) >= 11 is 2.54. The minimum Gasteiger partial charge on any atom is -0.465 e. The van der Waals surface area contributed by atoms with Crippen LogP contribution in [0.1, 0.15) is 30.6 Å². The number of amides is 2. The predicted octanol–water partition coefficient (Wildman–Crippen LogP) is 2.20. The van der Waals surface area contributed by atoms with Crippen LogP contribution in [0.25, 0.3) is 0 Å². The zero-order valence-electron chi connectivity index (χ0n) is 13.7. The van der Waals surface area contributed by atoms with Crippen molar-refractivity contribution in [2.75, 3.05) is 25.5 Å². The molecule has 1 saturated heterocycles. The fourth-order valence-corrected chi connectivity index (χ4v) is 4.27. The number of methoxy groups -OCH3 is 1. The molecule has 0 unspecified atom stereocenters. The molecule has 7 nitrogen and oxygen atoms in total. The van der Waals surface area contributed by atoms with E-state index in [0.717, 1.165) is 0 Å². The van der Waals surface area contributed by atoms with Gasteiger partial charge >= 0.3 is 5.97 Å². The molecule has 0 bridgehead atoms. The molecule has 1 N–H and O–H groups in total. The molecule has 1 atom stereocenters. The Morgan fingerprint density at radius 3 is 2.79 bits per heavy atom. The second kappa shape index (κ2) is 8.29. The number of carbonyl (C=O) groups excluding carboxylic acids is 3. The van der Waals surface area contributed by atoms with Crippen LogP contribution in [-0.4, -0.2) is 53.3 Å². The minimum atomic E-state index is -0.507. The topological polar surface area (TPSA) is 88.1 Å². The lowest BCUT2D eigenvalue weighted by Gasteiger charge is -2.13. The van der Waals surface area contributed by atoms with E-state index < -0.39 is 11.2 Å². The van der Waals surface area contributed by atoms with Crippen molar-refractivity contribution < 1.29 is 19.1 Å². The molecule has 9 heteroatoms.